The van der Waals surface area contributed by atoms with Gasteiger partial charge in [0.15, 0.2) is 6.21 Å². The maximum absolute atomic E-state index is 14.0. The monoisotopic (exact) mass is 589 g/mol. The van der Waals surface area contributed by atoms with Gasteiger partial charge in [-0.15, -0.1) is 0 Å². The van der Waals surface area contributed by atoms with Crippen LogP contribution in [0.4, 0.5) is 5.69 Å². The van der Waals surface area contributed by atoms with E-state index in [4.69, 9.17) is 0 Å². The molecule has 44 heavy (non-hydrogen) atoms. The second kappa shape index (κ2) is 12.4. The van der Waals surface area contributed by atoms with Crippen molar-refractivity contribution in [2.75, 3.05) is 20.6 Å². The average Bonchev–Trinajstić information content (AvgIpc) is 3.60. The lowest BCUT2D eigenvalue weighted by atomic mass is 9.97. The number of aliphatic hydroxyl groups excluding tert-OH is 1. The summed E-state index contributed by atoms with van der Waals surface area (Å²) in [4.78, 5) is 44.9. The lowest BCUT2D eigenvalue weighted by Gasteiger charge is -2.29. The van der Waals surface area contributed by atoms with Crippen LogP contribution in [-0.4, -0.2) is 82.2 Å². The van der Waals surface area contributed by atoms with E-state index in [1.165, 1.54) is 4.90 Å². The molecule has 0 radical (unpaired) electrons. The van der Waals surface area contributed by atoms with Crippen molar-refractivity contribution in [3.05, 3.63) is 114 Å². The number of likely N-dealkylation sites (N-methyl/N-ethyl adjacent to an activating group) is 1. The third-order valence-electron chi connectivity index (χ3n) is 8.71. The first-order valence-corrected chi connectivity index (χ1v) is 15.0. The summed E-state index contributed by atoms with van der Waals surface area (Å²) in [6.45, 7) is 0.446. The lowest BCUT2D eigenvalue weighted by molar-refractivity contribution is -0.396. The van der Waals surface area contributed by atoms with Crippen molar-refractivity contribution in [2.45, 2.75) is 43.5 Å². The highest BCUT2D eigenvalue weighted by Crippen LogP contribution is 2.34. The van der Waals surface area contributed by atoms with Gasteiger partial charge in [0.25, 0.3) is 0 Å². The van der Waals surface area contributed by atoms with Crippen LogP contribution in [0.1, 0.15) is 29.0 Å². The van der Waals surface area contributed by atoms with Gasteiger partial charge in [0.2, 0.25) is 23.4 Å². The predicted octanol–water partition coefficient (Wildman–Crippen LogP) is 3.63. The van der Waals surface area contributed by atoms with Crippen molar-refractivity contribution < 1.29 is 24.1 Å². The molecule has 2 N–H and O–H groups in total. The van der Waals surface area contributed by atoms with Crippen molar-refractivity contribution in [1.82, 2.24) is 15.1 Å². The van der Waals surface area contributed by atoms with E-state index in [9.17, 15) is 19.5 Å². The number of rotatable bonds is 8. The van der Waals surface area contributed by atoms with Crippen LogP contribution in [-0.2, 0) is 27.3 Å². The van der Waals surface area contributed by atoms with Crippen molar-refractivity contribution in [3.8, 4) is 0 Å². The molecule has 1 fully saturated rings. The maximum Gasteiger partial charge on any atom is 0.245 e. The number of nitrogens with one attached hydrogen (secondary N) is 1. The number of aliphatic hydroxyl groups is 1. The third kappa shape index (κ3) is 5.85. The fourth-order valence-corrected chi connectivity index (χ4v) is 6.50. The van der Waals surface area contributed by atoms with Gasteiger partial charge in [-0.25, -0.2) is 4.58 Å². The molecular formula is C36H37N4O4+. The molecule has 4 atom stereocenters. The van der Waals surface area contributed by atoms with E-state index >= 15 is 0 Å². The molecule has 4 aromatic rings. The van der Waals surface area contributed by atoms with E-state index in [0.717, 1.165) is 33.2 Å². The normalized spacial score (nSPS) is 19.8. The Morgan fingerprint density at radius 2 is 1.66 bits per heavy atom. The highest BCUT2D eigenvalue weighted by atomic mass is 16.3. The van der Waals surface area contributed by atoms with Gasteiger partial charge in [-0.2, -0.15) is 0 Å². The molecule has 3 amide bonds. The first kappa shape index (κ1) is 29.3. The Morgan fingerprint density at radius 1 is 0.955 bits per heavy atom. The van der Waals surface area contributed by atoms with Crippen LogP contribution in [0.15, 0.2) is 97.1 Å². The summed E-state index contributed by atoms with van der Waals surface area (Å²) in [5.41, 5.74) is 3.72. The smallest absolute Gasteiger partial charge is 0.245 e. The van der Waals surface area contributed by atoms with Crippen LogP contribution in [0.25, 0.3) is 10.8 Å². The summed E-state index contributed by atoms with van der Waals surface area (Å²) in [6.07, 6.45) is 1.40. The fourth-order valence-electron chi connectivity index (χ4n) is 6.50. The molecule has 2 heterocycles. The van der Waals surface area contributed by atoms with E-state index in [1.54, 1.807) is 11.9 Å². The quantitative estimate of drug-likeness (QED) is 0.307. The molecule has 4 aromatic carbocycles. The van der Waals surface area contributed by atoms with Gasteiger partial charge in [0.05, 0.1) is 6.10 Å². The van der Waals surface area contributed by atoms with Gasteiger partial charge in [0.1, 0.15) is 25.0 Å². The molecule has 0 bridgehead atoms. The molecule has 0 aliphatic carbocycles. The van der Waals surface area contributed by atoms with Crippen LogP contribution < -0.4 is 5.32 Å². The molecular weight excluding hydrogens is 552 g/mol. The molecule has 1 saturated heterocycles. The molecule has 1 unspecified atom stereocenters. The van der Waals surface area contributed by atoms with Crippen LogP contribution in [0, 0.1) is 0 Å². The molecule has 0 aromatic heterocycles. The van der Waals surface area contributed by atoms with Crippen molar-refractivity contribution >= 4 is 40.4 Å². The zero-order valence-corrected chi connectivity index (χ0v) is 25.0. The van der Waals surface area contributed by atoms with Gasteiger partial charge in [0, 0.05) is 44.6 Å². The van der Waals surface area contributed by atoms with E-state index in [2.05, 4.69) is 5.32 Å². The maximum atomic E-state index is 14.0. The van der Waals surface area contributed by atoms with Gasteiger partial charge in [-0.3, -0.25) is 14.4 Å². The minimum absolute atomic E-state index is 0.0585. The minimum Gasteiger partial charge on any atom is -0.391 e. The number of likely N-dealkylation sites (tertiary alicyclic amines) is 1. The molecule has 0 spiro atoms. The number of benzene rings is 4. The summed E-state index contributed by atoms with van der Waals surface area (Å²) in [6, 6.07) is 29.5. The van der Waals surface area contributed by atoms with Gasteiger partial charge in [-0.1, -0.05) is 91.0 Å². The molecule has 6 rings (SSSR count). The number of hydrogen-bond donors (Lipinski definition) is 2. The largest absolute Gasteiger partial charge is 0.391 e. The Bertz CT molecular complexity index is 1730. The topological polar surface area (TPSA) is 93.0 Å². The first-order chi connectivity index (χ1) is 21.3. The summed E-state index contributed by atoms with van der Waals surface area (Å²) >= 11 is 0. The zero-order chi connectivity index (χ0) is 30.8. The number of fused-ring (bicyclic) bond motifs is 2. The van der Waals surface area contributed by atoms with Gasteiger partial charge in [-0.05, 0) is 21.9 Å². The highest BCUT2D eigenvalue weighted by molar-refractivity contribution is 6.03. The van der Waals surface area contributed by atoms with Crippen molar-refractivity contribution in [2.24, 2.45) is 0 Å². The number of carbonyl (C=O) groups excluding carboxylic acids is 3. The number of β-amino-alcohol motifs (C(OH)–C–C–N with tert-alkyl or cyclic N) is 1. The van der Waals surface area contributed by atoms with Crippen molar-refractivity contribution in [1.29, 1.82) is 0 Å². The molecule has 224 valence electrons. The van der Waals surface area contributed by atoms with E-state index in [-0.39, 0.29) is 31.2 Å². The summed E-state index contributed by atoms with van der Waals surface area (Å²) in [5.74, 6) is -1.47. The molecule has 0 saturated carbocycles. The van der Waals surface area contributed by atoms with E-state index < -0.39 is 30.0 Å². The Labute approximate surface area is 257 Å². The molecule has 2 aliphatic heterocycles. The number of carbonyl (C=O) groups is 3. The predicted molar refractivity (Wildman–Crippen MR) is 170 cm³/mol. The second-order valence-electron chi connectivity index (χ2n) is 11.8. The van der Waals surface area contributed by atoms with Crippen LogP contribution in [0.3, 0.4) is 0 Å². The Morgan fingerprint density at radius 3 is 2.48 bits per heavy atom. The van der Waals surface area contributed by atoms with E-state index in [0.29, 0.717) is 6.54 Å². The summed E-state index contributed by atoms with van der Waals surface area (Å²) < 4.78 is 1.92. The van der Waals surface area contributed by atoms with Crippen molar-refractivity contribution in [3.63, 3.8) is 0 Å². The third-order valence-corrected chi connectivity index (χ3v) is 8.71. The number of nitrogens with zero attached hydrogens (tertiary/aromatic N) is 3. The summed E-state index contributed by atoms with van der Waals surface area (Å²) in [7, 11) is 3.63. The number of amides is 3. The van der Waals surface area contributed by atoms with Crippen LogP contribution in [0.2, 0.25) is 0 Å². The Balaban J connectivity index is 1.26. The molecule has 8 heteroatoms. The Kier molecular flexibility index (Phi) is 8.26. The minimum atomic E-state index is -0.897. The number of hydrogen-bond acceptors (Lipinski definition) is 4. The van der Waals surface area contributed by atoms with Gasteiger partial charge >= 0.3 is 0 Å². The van der Waals surface area contributed by atoms with E-state index in [1.807, 2.05) is 115 Å². The van der Waals surface area contributed by atoms with Crippen LogP contribution in [0.5, 0.6) is 0 Å². The average molecular weight is 590 g/mol. The number of para-hydroxylation sites is 1. The fraction of sp³-hybridized carbons (Fsp3) is 0.278. The molecule has 2 aliphatic rings. The SMILES string of the molecule is CN(Cc1ccccc1)C(=O)[C@H](Cc1cccc2ccccc12)NC(=O)[C@@H]1C[C@@H](O)CN1C(=O)C1C=[N+](C)c2ccccc21. The standard InChI is InChI=1S/C36H36N4O4/c1-38-23-30(29-17-8-9-18-32(29)38)35(43)40-22-27(41)20-33(40)34(42)37-31(36(44)39(2)21-24-11-4-3-5-12-24)19-26-15-10-14-25-13-6-7-16-28(25)26/h3-18,23,27,30-31,33,41H,19-22H2,1-2H3/p+1/t27-,30?,31+,33+/m1/s1. The first-order valence-electron chi connectivity index (χ1n) is 15.0. The Hall–Kier alpha value is -4.82. The highest BCUT2D eigenvalue weighted by Gasteiger charge is 2.45. The lowest BCUT2D eigenvalue weighted by Crippen LogP contribution is -2.54. The second-order valence-corrected chi connectivity index (χ2v) is 11.8. The zero-order valence-electron chi connectivity index (χ0n) is 25.0. The molecule has 8 nitrogen and oxygen atoms in total. The summed E-state index contributed by atoms with van der Waals surface area (Å²) in [5, 5.41) is 15.7. The van der Waals surface area contributed by atoms with Gasteiger partial charge < -0.3 is 20.2 Å². The van der Waals surface area contributed by atoms with Crippen LogP contribution >= 0.6 is 0 Å².